The Morgan fingerprint density at radius 1 is 1.67 bits per heavy atom. The van der Waals surface area contributed by atoms with Gasteiger partial charge in [-0.3, -0.25) is 0 Å². The molecule has 0 aromatic heterocycles. The van der Waals surface area contributed by atoms with Crippen molar-refractivity contribution in [1.82, 2.24) is 0 Å². The van der Waals surface area contributed by atoms with Gasteiger partial charge >= 0.3 is 0 Å². The molecule has 0 rings (SSSR count). The van der Waals surface area contributed by atoms with Gasteiger partial charge in [0.25, 0.3) is 0 Å². The molecule has 6 heavy (non-hydrogen) atoms. The molecular formula is C4H11OSi. The van der Waals surface area contributed by atoms with Crippen LogP contribution in [0.25, 0.3) is 0 Å². The van der Waals surface area contributed by atoms with Crippen LogP contribution < -0.4 is 0 Å². The number of hydrogen-bond donors (Lipinski definition) is 1. The predicted octanol–water partition coefficient (Wildman–Crippen LogP) is 1.01. The summed E-state index contributed by atoms with van der Waals surface area (Å²) >= 11 is 0. The molecule has 1 N–H and O–H groups in total. The summed E-state index contributed by atoms with van der Waals surface area (Å²) in [5.74, 6) is 0. The third kappa shape index (κ3) is 4.18. The Kier molecular flexibility index (Phi) is 3.47. The number of hydrogen-bond acceptors (Lipinski definition) is 1. The Morgan fingerprint density at radius 2 is 2.17 bits per heavy atom. The van der Waals surface area contributed by atoms with Crippen LogP contribution in [0.4, 0.5) is 0 Å². The maximum atomic E-state index is 8.65. The zero-order valence-corrected chi connectivity index (χ0v) is 5.36. The summed E-state index contributed by atoms with van der Waals surface area (Å²) in [4.78, 5) is 8.65. The summed E-state index contributed by atoms with van der Waals surface area (Å²) in [6.07, 6.45) is 1.13. The van der Waals surface area contributed by atoms with Gasteiger partial charge in [0, 0.05) is 0 Å². The zero-order chi connectivity index (χ0) is 4.99. The molecule has 0 aromatic rings. The summed E-state index contributed by atoms with van der Waals surface area (Å²) in [6.45, 7) is 4.00. The van der Waals surface area contributed by atoms with Gasteiger partial charge in [0.15, 0.2) is 0 Å². The van der Waals surface area contributed by atoms with Crippen molar-refractivity contribution < 1.29 is 4.80 Å². The summed E-state index contributed by atoms with van der Waals surface area (Å²) in [7, 11) is -0.886. The highest BCUT2D eigenvalue weighted by atomic mass is 28.3. The predicted molar refractivity (Wildman–Crippen MR) is 28.9 cm³/mol. The average Bonchev–Trinajstić information content (AvgIpc) is 1.35. The molecule has 0 aliphatic heterocycles. The van der Waals surface area contributed by atoms with E-state index < -0.39 is 9.04 Å². The maximum Gasteiger partial charge on any atom is 0.203 e. The summed E-state index contributed by atoms with van der Waals surface area (Å²) < 4.78 is 0. The zero-order valence-electron chi connectivity index (χ0n) is 4.36. The van der Waals surface area contributed by atoms with Crippen LogP contribution in [-0.4, -0.2) is 13.8 Å². The SMILES string of the molecule is CCC[Si](C)O. The molecule has 37 valence electrons. The molecule has 0 saturated heterocycles. The second-order valence-corrected chi connectivity index (χ2v) is 3.46. The second-order valence-electron chi connectivity index (χ2n) is 1.49. The first-order valence-electron chi connectivity index (χ1n) is 2.28. The topological polar surface area (TPSA) is 20.2 Å². The minimum Gasteiger partial charge on any atom is -0.432 e. The van der Waals surface area contributed by atoms with Crippen LogP contribution in [0.2, 0.25) is 12.6 Å². The number of rotatable bonds is 2. The average molecular weight is 103 g/mol. The molecule has 0 aromatic carbocycles. The molecule has 0 heterocycles. The lowest BCUT2D eigenvalue weighted by atomic mass is 10.6. The third-order valence-electron chi connectivity index (χ3n) is 0.612. The fourth-order valence-electron chi connectivity index (χ4n) is 0.362. The van der Waals surface area contributed by atoms with Crippen molar-refractivity contribution in [3.8, 4) is 0 Å². The van der Waals surface area contributed by atoms with Gasteiger partial charge in [-0.15, -0.1) is 0 Å². The molecule has 0 saturated carbocycles. The second kappa shape index (κ2) is 3.37. The Balaban J connectivity index is 2.63. The summed E-state index contributed by atoms with van der Waals surface area (Å²) in [6, 6.07) is 1.03. The van der Waals surface area contributed by atoms with Crippen LogP contribution >= 0.6 is 0 Å². The van der Waals surface area contributed by atoms with E-state index in [2.05, 4.69) is 6.92 Å². The first-order chi connectivity index (χ1) is 2.77. The van der Waals surface area contributed by atoms with Crippen molar-refractivity contribution in [1.29, 1.82) is 0 Å². The van der Waals surface area contributed by atoms with E-state index in [4.69, 9.17) is 4.80 Å². The highest BCUT2D eigenvalue weighted by Crippen LogP contribution is 1.89. The molecule has 0 spiro atoms. The van der Waals surface area contributed by atoms with Gasteiger partial charge in [-0.05, 0) is 12.6 Å². The van der Waals surface area contributed by atoms with Crippen molar-refractivity contribution >= 4 is 9.04 Å². The molecular weight excluding hydrogens is 92.1 g/mol. The van der Waals surface area contributed by atoms with Crippen LogP contribution in [-0.2, 0) is 0 Å². The van der Waals surface area contributed by atoms with Gasteiger partial charge in [-0.25, -0.2) is 0 Å². The quantitative estimate of drug-likeness (QED) is 0.517. The Labute approximate surface area is 40.7 Å². The lowest BCUT2D eigenvalue weighted by Crippen LogP contribution is -2.02. The fraction of sp³-hybridized carbons (Fsp3) is 1.00. The first kappa shape index (κ1) is 6.18. The van der Waals surface area contributed by atoms with Crippen molar-refractivity contribution in [2.75, 3.05) is 0 Å². The van der Waals surface area contributed by atoms with Crippen molar-refractivity contribution in [3.63, 3.8) is 0 Å². The summed E-state index contributed by atoms with van der Waals surface area (Å²) in [5.41, 5.74) is 0. The van der Waals surface area contributed by atoms with Crippen molar-refractivity contribution in [2.24, 2.45) is 0 Å². The standard InChI is InChI=1S/C4H11OSi/c1-3-4-6(2)5/h5H,3-4H2,1-2H3. The van der Waals surface area contributed by atoms with E-state index in [1.54, 1.807) is 0 Å². The van der Waals surface area contributed by atoms with E-state index in [1.165, 1.54) is 0 Å². The lowest BCUT2D eigenvalue weighted by Gasteiger charge is -1.91. The van der Waals surface area contributed by atoms with E-state index >= 15 is 0 Å². The van der Waals surface area contributed by atoms with E-state index in [1.807, 2.05) is 6.55 Å². The third-order valence-corrected chi connectivity index (χ3v) is 1.84. The smallest absolute Gasteiger partial charge is 0.203 e. The Hall–Kier alpha value is 0.177. The largest absolute Gasteiger partial charge is 0.432 e. The van der Waals surface area contributed by atoms with E-state index in [9.17, 15) is 0 Å². The molecule has 1 radical (unpaired) electrons. The molecule has 0 unspecified atom stereocenters. The summed E-state index contributed by atoms with van der Waals surface area (Å²) in [5, 5.41) is 0. The van der Waals surface area contributed by atoms with Gasteiger partial charge in [0.05, 0.1) is 0 Å². The monoisotopic (exact) mass is 103 g/mol. The van der Waals surface area contributed by atoms with Gasteiger partial charge in [0.2, 0.25) is 9.04 Å². The highest BCUT2D eigenvalue weighted by molar-refractivity contribution is 6.48. The molecule has 0 aliphatic carbocycles. The Morgan fingerprint density at radius 3 is 2.17 bits per heavy atom. The van der Waals surface area contributed by atoms with Gasteiger partial charge < -0.3 is 4.80 Å². The van der Waals surface area contributed by atoms with Crippen molar-refractivity contribution in [3.05, 3.63) is 0 Å². The molecule has 1 nitrogen and oxygen atoms in total. The molecule has 0 aliphatic rings. The van der Waals surface area contributed by atoms with E-state index in [0.717, 1.165) is 12.5 Å². The molecule has 0 bridgehead atoms. The van der Waals surface area contributed by atoms with Gasteiger partial charge in [-0.2, -0.15) is 0 Å². The minimum atomic E-state index is -0.886. The van der Waals surface area contributed by atoms with Gasteiger partial charge in [-0.1, -0.05) is 13.3 Å². The van der Waals surface area contributed by atoms with Crippen LogP contribution in [0.15, 0.2) is 0 Å². The molecule has 0 amide bonds. The van der Waals surface area contributed by atoms with Gasteiger partial charge in [0.1, 0.15) is 0 Å². The van der Waals surface area contributed by atoms with Crippen LogP contribution in [0, 0.1) is 0 Å². The maximum absolute atomic E-state index is 8.65. The van der Waals surface area contributed by atoms with Crippen LogP contribution in [0.3, 0.4) is 0 Å². The lowest BCUT2D eigenvalue weighted by molar-refractivity contribution is 0.574. The highest BCUT2D eigenvalue weighted by Gasteiger charge is 1.92. The Bertz CT molecular complexity index is 28.7. The van der Waals surface area contributed by atoms with Crippen molar-refractivity contribution in [2.45, 2.75) is 25.9 Å². The van der Waals surface area contributed by atoms with Crippen LogP contribution in [0.1, 0.15) is 13.3 Å². The van der Waals surface area contributed by atoms with Crippen LogP contribution in [0.5, 0.6) is 0 Å². The molecule has 0 fully saturated rings. The minimum absolute atomic E-state index is 0.886. The molecule has 2 heteroatoms. The van der Waals surface area contributed by atoms with E-state index in [-0.39, 0.29) is 0 Å². The fourth-order valence-corrected chi connectivity index (χ4v) is 1.09. The molecule has 0 atom stereocenters. The normalized spacial score (nSPS) is 10.0. The van der Waals surface area contributed by atoms with E-state index in [0.29, 0.717) is 0 Å². The first-order valence-corrected chi connectivity index (χ1v) is 4.44.